The van der Waals surface area contributed by atoms with E-state index in [1.54, 1.807) is 0 Å². The van der Waals surface area contributed by atoms with Gasteiger partial charge in [0, 0.05) is 11.7 Å². The Kier molecular flexibility index (Phi) is 6.63. The van der Waals surface area contributed by atoms with Gasteiger partial charge >= 0.3 is 11.8 Å². The molecule has 126 valence electrons. The van der Waals surface area contributed by atoms with Crippen molar-refractivity contribution in [2.24, 2.45) is 5.92 Å². The van der Waals surface area contributed by atoms with Crippen molar-refractivity contribution in [1.82, 2.24) is 5.32 Å². The first-order valence-corrected chi connectivity index (χ1v) is 8.81. The Hall–Kier alpha value is -1.84. The molecule has 1 aliphatic rings. The van der Waals surface area contributed by atoms with Crippen LogP contribution in [0.15, 0.2) is 24.3 Å². The lowest BCUT2D eigenvalue weighted by atomic mass is 9.86. The summed E-state index contributed by atoms with van der Waals surface area (Å²) < 4.78 is 0. The molecule has 0 bridgehead atoms. The summed E-state index contributed by atoms with van der Waals surface area (Å²) in [6, 6.07) is 7.86. The summed E-state index contributed by atoms with van der Waals surface area (Å²) >= 11 is 0. The SMILES string of the molecule is CCCCc1ccc(NC(=O)C(=O)N[C@@H]2CCCC[C@@H]2C)cc1. The van der Waals surface area contributed by atoms with Gasteiger partial charge in [0.15, 0.2) is 0 Å². The lowest BCUT2D eigenvalue weighted by Gasteiger charge is -2.29. The monoisotopic (exact) mass is 316 g/mol. The van der Waals surface area contributed by atoms with Crippen LogP contribution in [0.3, 0.4) is 0 Å². The molecule has 4 nitrogen and oxygen atoms in total. The van der Waals surface area contributed by atoms with Gasteiger partial charge < -0.3 is 10.6 Å². The fourth-order valence-corrected chi connectivity index (χ4v) is 3.09. The topological polar surface area (TPSA) is 58.2 Å². The predicted molar refractivity (Wildman–Crippen MR) is 93.2 cm³/mol. The van der Waals surface area contributed by atoms with Gasteiger partial charge in [-0.2, -0.15) is 0 Å². The van der Waals surface area contributed by atoms with Gasteiger partial charge in [0.1, 0.15) is 0 Å². The molecule has 0 unspecified atom stereocenters. The van der Waals surface area contributed by atoms with Crippen LogP contribution in [-0.2, 0) is 16.0 Å². The highest BCUT2D eigenvalue weighted by Crippen LogP contribution is 2.23. The first-order valence-electron chi connectivity index (χ1n) is 8.81. The van der Waals surface area contributed by atoms with E-state index in [-0.39, 0.29) is 6.04 Å². The van der Waals surface area contributed by atoms with E-state index >= 15 is 0 Å². The summed E-state index contributed by atoms with van der Waals surface area (Å²) in [5.74, 6) is -0.666. The maximum atomic E-state index is 12.0. The number of amides is 2. The van der Waals surface area contributed by atoms with Crippen molar-refractivity contribution >= 4 is 17.5 Å². The van der Waals surface area contributed by atoms with Gasteiger partial charge in [-0.05, 0) is 49.3 Å². The highest BCUT2D eigenvalue weighted by Gasteiger charge is 2.25. The number of carbonyl (C=O) groups is 2. The minimum absolute atomic E-state index is 0.124. The molecule has 2 atom stereocenters. The Balaban J connectivity index is 1.84. The van der Waals surface area contributed by atoms with Crippen molar-refractivity contribution in [3.8, 4) is 0 Å². The van der Waals surface area contributed by atoms with Crippen molar-refractivity contribution < 1.29 is 9.59 Å². The molecule has 0 spiro atoms. The Labute approximate surface area is 139 Å². The highest BCUT2D eigenvalue weighted by molar-refractivity contribution is 6.39. The third-order valence-corrected chi connectivity index (χ3v) is 4.67. The minimum atomic E-state index is -0.580. The quantitative estimate of drug-likeness (QED) is 0.814. The predicted octanol–water partition coefficient (Wildman–Crippen LogP) is 3.66. The van der Waals surface area contributed by atoms with E-state index in [1.807, 2.05) is 24.3 Å². The number of anilines is 1. The largest absolute Gasteiger partial charge is 0.345 e. The van der Waals surface area contributed by atoms with Gasteiger partial charge in [-0.15, -0.1) is 0 Å². The van der Waals surface area contributed by atoms with E-state index in [2.05, 4.69) is 24.5 Å². The highest BCUT2D eigenvalue weighted by atomic mass is 16.2. The van der Waals surface area contributed by atoms with E-state index in [0.29, 0.717) is 11.6 Å². The van der Waals surface area contributed by atoms with Crippen LogP contribution < -0.4 is 10.6 Å². The van der Waals surface area contributed by atoms with Gasteiger partial charge in [0.05, 0.1) is 0 Å². The normalized spacial score (nSPS) is 20.8. The average molecular weight is 316 g/mol. The van der Waals surface area contributed by atoms with Crippen LogP contribution in [0.25, 0.3) is 0 Å². The molecule has 0 heterocycles. The van der Waals surface area contributed by atoms with Crippen LogP contribution in [0, 0.1) is 5.92 Å². The second kappa shape index (κ2) is 8.70. The van der Waals surface area contributed by atoms with Crippen LogP contribution in [0.5, 0.6) is 0 Å². The molecule has 0 saturated heterocycles. The Bertz CT molecular complexity index is 525. The Morgan fingerprint density at radius 2 is 1.78 bits per heavy atom. The first kappa shape index (κ1) is 17.5. The van der Waals surface area contributed by atoms with Crippen LogP contribution in [0.1, 0.15) is 57.9 Å². The van der Waals surface area contributed by atoms with Crippen molar-refractivity contribution in [1.29, 1.82) is 0 Å². The number of unbranched alkanes of at least 4 members (excludes halogenated alkanes) is 1. The van der Waals surface area contributed by atoms with Gasteiger partial charge in [-0.3, -0.25) is 9.59 Å². The summed E-state index contributed by atoms with van der Waals surface area (Å²) in [4.78, 5) is 24.1. The van der Waals surface area contributed by atoms with Crippen LogP contribution >= 0.6 is 0 Å². The molecular formula is C19H28N2O2. The zero-order chi connectivity index (χ0) is 16.7. The number of hydrogen-bond acceptors (Lipinski definition) is 2. The molecule has 23 heavy (non-hydrogen) atoms. The summed E-state index contributed by atoms with van der Waals surface area (Å²) in [6.45, 7) is 4.30. The van der Waals surface area contributed by atoms with E-state index in [9.17, 15) is 9.59 Å². The van der Waals surface area contributed by atoms with Crippen molar-refractivity contribution in [3.05, 3.63) is 29.8 Å². The molecule has 2 amide bonds. The maximum Gasteiger partial charge on any atom is 0.313 e. The van der Waals surface area contributed by atoms with E-state index in [0.717, 1.165) is 38.5 Å². The maximum absolute atomic E-state index is 12.0. The number of aryl methyl sites for hydroxylation is 1. The summed E-state index contributed by atoms with van der Waals surface area (Å²) in [6.07, 6.45) is 7.79. The Morgan fingerprint density at radius 3 is 2.43 bits per heavy atom. The summed E-state index contributed by atoms with van der Waals surface area (Å²) in [7, 11) is 0. The van der Waals surface area contributed by atoms with Crippen molar-refractivity contribution in [2.75, 3.05) is 5.32 Å². The molecule has 2 N–H and O–H groups in total. The standard InChI is InChI=1S/C19H28N2O2/c1-3-4-8-15-10-12-16(13-11-15)20-18(22)19(23)21-17-9-6-5-7-14(17)2/h10-14,17H,3-9H2,1-2H3,(H,20,22)(H,21,23)/t14-,17+/m0/s1. The zero-order valence-corrected chi connectivity index (χ0v) is 14.2. The molecule has 0 aliphatic heterocycles. The zero-order valence-electron chi connectivity index (χ0n) is 14.2. The van der Waals surface area contributed by atoms with Crippen LogP contribution in [-0.4, -0.2) is 17.9 Å². The molecule has 1 fully saturated rings. The Morgan fingerprint density at radius 1 is 1.09 bits per heavy atom. The third-order valence-electron chi connectivity index (χ3n) is 4.67. The molecule has 1 aromatic rings. The molecule has 1 aromatic carbocycles. The van der Waals surface area contributed by atoms with Gasteiger partial charge in [0.2, 0.25) is 0 Å². The fourth-order valence-electron chi connectivity index (χ4n) is 3.09. The van der Waals surface area contributed by atoms with Crippen molar-refractivity contribution in [3.63, 3.8) is 0 Å². The molecule has 4 heteroatoms. The first-order chi connectivity index (χ1) is 11.1. The fraction of sp³-hybridized carbons (Fsp3) is 0.579. The third kappa shape index (κ3) is 5.38. The van der Waals surface area contributed by atoms with E-state index < -0.39 is 11.8 Å². The van der Waals surface area contributed by atoms with Gasteiger partial charge in [0.25, 0.3) is 0 Å². The summed E-state index contributed by atoms with van der Waals surface area (Å²) in [5.41, 5.74) is 1.92. The second-order valence-electron chi connectivity index (χ2n) is 6.60. The second-order valence-corrected chi connectivity index (χ2v) is 6.60. The molecule has 2 rings (SSSR count). The minimum Gasteiger partial charge on any atom is -0.345 e. The number of nitrogens with one attached hydrogen (secondary N) is 2. The van der Waals surface area contributed by atoms with Crippen LogP contribution in [0.2, 0.25) is 0 Å². The van der Waals surface area contributed by atoms with Gasteiger partial charge in [-0.1, -0.05) is 45.2 Å². The molecular weight excluding hydrogens is 288 g/mol. The molecule has 1 saturated carbocycles. The van der Waals surface area contributed by atoms with Crippen LogP contribution in [0.4, 0.5) is 5.69 Å². The lowest BCUT2D eigenvalue weighted by Crippen LogP contribution is -2.45. The molecule has 0 radical (unpaired) electrons. The molecule has 0 aromatic heterocycles. The molecule has 1 aliphatic carbocycles. The summed E-state index contributed by atoms with van der Waals surface area (Å²) in [5, 5.41) is 5.56. The number of benzene rings is 1. The van der Waals surface area contributed by atoms with Crippen molar-refractivity contribution in [2.45, 2.75) is 64.8 Å². The lowest BCUT2D eigenvalue weighted by molar-refractivity contribution is -0.137. The van der Waals surface area contributed by atoms with E-state index in [4.69, 9.17) is 0 Å². The van der Waals surface area contributed by atoms with Gasteiger partial charge in [-0.25, -0.2) is 0 Å². The number of hydrogen-bond donors (Lipinski definition) is 2. The number of rotatable bonds is 5. The van der Waals surface area contributed by atoms with E-state index in [1.165, 1.54) is 12.0 Å². The smallest absolute Gasteiger partial charge is 0.313 e. The number of carbonyl (C=O) groups excluding carboxylic acids is 2. The average Bonchev–Trinajstić information content (AvgIpc) is 2.56.